The summed E-state index contributed by atoms with van der Waals surface area (Å²) in [6.45, 7) is 3.08. The summed E-state index contributed by atoms with van der Waals surface area (Å²) < 4.78 is 4.83. The molecule has 128 valence electrons. The van der Waals surface area contributed by atoms with Gasteiger partial charge in [0.15, 0.2) is 0 Å². The quantitative estimate of drug-likeness (QED) is 0.493. The van der Waals surface area contributed by atoms with Gasteiger partial charge in [-0.05, 0) is 18.1 Å². The van der Waals surface area contributed by atoms with Crippen LogP contribution < -0.4 is 11.1 Å². The Morgan fingerprint density at radius 1 is 1.22 bits per heavy atom. The molecule has 0 radical (unpaired) electrons. The number of esters is 1. The first-order valence-corrected chi connectivity index (χ1v) is 6.83. The lowest BCUT2D eigenvalue weighted by Gasteiger charge is -2.27. The normalized spacial score (nSPS) is 12.5. The van der Waals surface area contributed by atoms with E-state index in [1.54, 1.807) is 31.2 Å². The van der Waals surface area contributed by atoms with Crippen molar-refractivity contribution in [3.05, 3.63) is 35.4 Å². The van der Waals surface area contributed by atoms with Gasteiger partial charge in [-0.1, -0.05) is 24.3 Å². The summed E-state index contributed by atoms with van der Waals surface area (Å²) in [6, 6.07) is 6.81. The van der Waals surface area contributed by atoms with Crippen LogP contribution in [0.25, 0.3) is 0 Å². The summed E-state index contributed by atoms with van der Waals surface area (Å²) in [5.41, 5.74) is 4.80. The van der Waals surface area contributed by atoms with Crippen molar-refractivity contribution >= 4 is 30.3 Å². The van der Waals surface area contributed by atoms with E-state index < -0.39 is 23.4 Å². The van der Waals surface area contributed by atoms with Gasteiger partial charge < -0.3 is 20.9 Å². The molecule has 0 fully saturated rings. The van der Waals surface area contributed by atoms with E-state index in [0.717, 1.165) is 12.5 Å². The van der Waals surface area contributed by atoms with Crippen LogP contribution in [0.2, 0.25) is 0 Å². The van der Waals surface area contributed by atoms with E-state index >= 15 is 0 Å². The Balaban J connectivity index is 0.00000484. The van der Waals surface area contributed by atoms with E-state index in [0.29, 0.717) is 12.1 Å². The minimum atomic E-state index is -2.15. The number of hydrogen-bond acceptors (Lipinski definition) is 5. The number of nitrogens with two attached hydrogens (primary N) is 1. The number of aliphatic carboxylic acids is 1. The van der Waals surface area contributed by atoms with E-state index in [2.05, 4.69) is 5.32 Å². The van der Waals surface area contributed by atoms with E-state index in [9.17, 15) is 19.5 Å². The maximum absolute atomic E-state index is 12.1. The van der Waals surface area contributed by atoms with E-state index in [4.69, 9.17) is 10.5 Å². The molecule has 1 amide bonds. The molecule has 7 nitrogen and oxygen atoms in total. The maximum Gasteiger partial charge on any atom is 0.344 e. The molecule has 1 rings (SSSR count). The number of nitrogens with one attached hydrogen (secondary N) is 1. The number of halogens is 1. The highest BCUT2D eigenvalue weighted by Crippen LogP contribution is 2.18. The average molecular weight is 345 g/mol. The van der Waals surface area contributed by atoms with Crippen molar-refractivity contribution in [3.63, 3.8) is 0 Å². The second-order valence-corrected chi connectivity index (χ2v) is 4.81. The minimum Gasteiger partial charge on any atom is -0.479 e. The van der Waals surface area contributed by atoms with Crippen LogP contribution in [0.4, 0.5) is 0 Å². The van der Waals surface area contributed by atoms with E-state index in [-0.39, 0.29) is 25.4 Å². The van der Waals surface area contributed by atoms with Crippen molar-refractivity contribution in [2.75, 3.05) is 6.61 Å². The highest BCUT2D eigenvalue weighted by Gasteiger charge is 2.48. The number of carbonyl (C=O) groups excluding carboxylic acids is 2. The van der Waals surface area contributed by atoms with Gasteiger partial charge in [-0.25, -0.2) is 9.59 Å². The summed E-state index contributed by atoms with van der Waals surface area (Å²) in [7, 11) is 0. The zero-order chi connectivity index (χ0) is 16.8. The number of carbonyl (C=O) groups is 3. The predicted molar refractivity (Wildman–Crippen MR) is 86.1 cm³/mol. The summed E-state index contributed by atoms with van der Waals surface area (Å²) in [4.78, 5) is 35.2. The number of benzene rings is 1. The van der Waals surface area contributed by atoms with Gasteiger partial charge in [0.25, 0.3) is 0 Å². The van der Waals surface area contributed by atoms with Crippen LogP contribution in [0, 0.1) is 0 Å². The first kappa shape index (κ1) is 20.9. The van der Waals surface area contributed by atoms with Crippen molar-refractivity contribution in [1.82, 2.24) is 5.32 Å². The Morgan fingerprint density at radius 2 is 1.74 bits per heavy atom. The Hall–Kier alpha value is -2.12. The fraction of sp³-hybridized carbons (Fsp3) is 0.400. The van der Waals surface area contributed by atoms with Crippen LogP contribution in [0.15, 0.2) is 24.3 Å². The fourth-order valence-electron chi connectivity index (χ4n) is 2.04. The number of hydrogen-bond donors (Lipinski definition) is 3. The molecule has 0 heterocycles. The number of ether oxygens (including phenoxy) is 1. The monoisotopic (exact) mass is 344 g/mol. The molecule has 1 unspecified atom stereocenters. The molecule has 0 aliphatic carbocycles. The molecule has 1 aromatic carbocycles. The molecule has 4 N–H and O–H groups in total. The molecule has 0 aromatic heterocycles. The van der Waals surface area contributed by atoms with Crippen LogP contribution >= 0.6 is 12.4 Å². The fourth-order valence-corrected chi connectivity index (χ4v) is 2.04. The lowest BCUT2D eigenvalue weighted by atomic mass is 9.90. The van der Waals surface area contributed by atoms with E-state index in [1.165, 1.54) is 0 Å². The molecular formula is C15H21ClN2O5. The topological polar surface area (TPSA) is 119 Å². The number of carboxylic acid groups (broad SMARTS) is 1. The summed E-state index contributed by atoms with van der Waals surface area (Å²) >= 11 is 0. The van der Waals surface area contributed by atoms with Crippen LogP contribution in [0.3, 0.4) is 0 Å². The Bertz CT molecular complexity index is 561. The van der Waals surface area contributed by atoms with Gasteiger partial charge in [-0.15, -0.1) is 12.4 Å². The molecular weight excluding hydrogens is 324 g/mol. The van der Waals surface area contributed by atoms with Gasteiger partial charge in [0.1, 0.15) is 0 Å². The molecule has 0 aliphatic rings. The average Bonchev–Trinajstić information content (AvgIpc) is 2.46. The number of rotatable bonds is 7. The smallest absolute Gasteiger partial charge is 0.344 e. The van der Waals surface area contributed by atoms with Crippen LogP contribution in [0.5, 0.6) is 0 Å². The van der Waals surface area contributed by atoms with Gasteiger partial charge in [-0.2, -0.15) is 0 Å². The molecule has 1 atom stereocenters. The first-order chi connectivity index (χ1) is 10.4. The Morgan fingerprint density at radius 3 is 2.13 bits per heavy atom. The van der Waals surface area contributed by atoms with Crippen LogP contribution in [-0.2, 0) is 32.1 Å². The SMILES string of the molecule is CCOC(=O)C(Cc1ccc(CN)cc1)(NC(C)=O)C(=O)O.Cl. The highest BCUT2D eigenvalue weighted by molar-refractivity contribution is 6.07. The molecule has 23 heavy (non-hydrogen) atoms. The van der Waals surface area contributed by atoms with E-state index in [1.807, 2.05) is 0 Å². The zero-order valence-electron chi connectivity index (χ0n) is 13.0. The van der Waals surface area contributed by atoms with Gasteiger partial charge in [-0.3, -0.25) is 4.79 Å². The third kappa shape index (κ3) is 5.22. The molecule has 0 bridgehead atoms. The third-order valence-electron chi connectivity index (χ3n) is 3.11. The molecule has 8 heteroatoms. The first-order valence-electron chi connectivity index (χ1n) is 6.83. The standard InChI is InChI=1S/C15H20N2O5.ClH/c1-3-22-14(21)15(13(19)20,17-10(2)18)8-11-4-6-12(9-16)7-5-11;/h4-7H,3,8-9,16H2,1-2H3,(H,17,18)(H,19,20);1H. The van der Waals surface area contributed by atoms with Crippen LogP contribution in [0.1, 0.15) is 25.0 Å². The molecule has 1 aromatic rings. The third-order valence-corrected chi connectivity index (χ3v) is 3.11. The highest BCUT2D eigenvalue weighted by atomic mass is 35.5. The Labute approximate surface area is 140 Å². The lowest BCUT2D eigenvalue weighted by Crippen LogP contribution is -2.61. The second kappa shape index (κ2) is 9.12. The lowest BCUT2D eigenvalue weighted by molar-refractivity contribution is -0.164. The predicted octanol–water partition coefficient (Wildman–Crippen LogP) is 0.632. The molecule has 0 aliphatic heterocycles. The Kier molecular flexibility index (Phi) is 8.28. The molecule has 0 saturated carbocycles. The van der Waals surface area contributed by atoms with Gasteiger partial charge in [0, 0.05) is 19.9 Å². The maximum atomic E-state index is 12.1. The zero-order valence-corrected chi connectivity index (χ0v) is 13.8. The van der Waals surface area contributed by atoms with Gasteiger partial charge in [0.05, 0.1) is 6.61 Å². The second-order valence-electron chi connectivity index (χ2n) is 4.81. The molecule has 0 saturated heterocycles. The minimum absolute atomic E-state index is 0. The van der Waals surface area contributed by atoms with Crippen molar-refractivity contribution in [2.24, 2.45) is 5.73 Å². The molecule has 0 spiro atoms. The van der Waals surface area contributed by atoms with Crippen molar-refractivity contribution < 1.29 is 24.2 Å². The summed E-state index contributed by atoms with van der Waals surface area (Å²) in [5.74, 6) is -3.10. The van der Waals surface area contributed by atoms with Crippen LogP contribution in [-0.4, -0.2) is 35.1 Å². The summed E-state index contributed by atoms with van der Waals surface area (Å²) in [6.07, 6.45) is -0.217. The number of amides is 1. The van der Waals surface area contributed by atoms with Gasteiger partial charge in [0.2, 0.25) is 11.4 Å². The number of carboxylic acids is 1. The van der Waals surface area contributed by atoms with Crippen molar-refractivity contribution in [3.8, 4) is 0 Å². The van der Waals surface area contributed by atoms with Gasteiger partial charge >= 0.3 is 11.9 Å². The van der Waals surface area contributed by atoms with Crippen molar-refractivity contribution in [2.45, 2.75) is 32.4 Å². The largest absolute Gasteiger partial charge is 0.479 e. The summed E-state index contributed by atoms with van der Waals surface area (Å²) in [5, 5.41) is 11.7. The van der Waals surface area contributed by atoms with Crippen molar-refractivity contribution in [1.29, 1.82) is 0 Å².